The second-order valence-corrected chi connectivity index (χ2v) is 7.41. The molecule has 3 heterocycles. The van der Waals surface area contributed by atoms with Crippen molar-refractivity contribution < 1.29 is 4.74 Å². The Kier molecular flexibility index (Phi) is 5.62. The van der Waals surface area contributed by atoms with Crippen LogP contribution in [0.1, 0.15) is 30.3 Å². The molecular formula is C20H24N4OS. The number of nitrogens with zero attached hydrogens (tertiary/aromatic N) is 4. The molecule has 0 bridgehead atoms. The van der Waals surface area contributed by atoms with E-state index in [9.17, 15) is 0 Å². The Morgan fingerprint density at radius 1 is 1.19 bits per heavy atom. The third-order valence-corrected chi connectivity index (χ3v) is 5.49. The van der Waals surface area contributed by atoms with Crippen molar-refractivity contribution >= 4 is 11.3 Å². The molecule has 2 aromatic heterocycles. The number of aromatic nitrogens is 3. The predicted octanol–water partition coefficient (Wildman–Crippen LogP) is 3.65. The zero-order valence-electron chi connectivity index (χ0n) is 14.8. The van der Waals surface area contributed by atoms with Crippen molar-refractivity contribution in [2.75, 3.05) is 26.2 Å². The van der Waals surface area contributed by atoms with Crippen LogP contribution in [0.15, 0.2) is 53.6 Å². The number of likely N-dealkylation sites (tertiary alicyclic amines) is 1. The molecular weight excluding hydrogens is 344 g/mol. The number of rotatable bonds is 7. The van der Waals surface area contributed by atoms with E-state index in [1.807, 2.05) is 42.0 Å². The molecule has 1 aromatic carbocycles. The molecule has 5 nitrogen and oxygen atoms in total. The zero-order chi connectivity index (χ0) is 17.6. The van der Waals surface area contributed by atoms with E-state index in [0.717, 1.165) is 44.2 Å². The first kappa shape index (κ1) is 17.2. The molecule has 0 saturated carbocycles. The number of hydrogen-bond acceptors (Lipinski definition) is 5. The lowest BCUT2D eigenvalue weighted by Gasteiger charge is -2.32. The summed E-state index contributed by atoms with van der Waals surface area (Å²) in [5.74, 6) is 2.61. The average molecular weight is 369 g/mol. The number of hydrogen-bond donors (Lipinski definition) is 0. The van der Waals surface area contributed by atoms with Gasteiger partial charge in [-0.25, -0.2) is 9.97 Å². The Morgan fingerprint density at radius 2 is 2.12 bits per heavy atom. The number of para-hydroxylation sites is 1. The van der Waals surface area contributed by atoms with Gasteiger partial charge in [0.15, 0.2) is 0 Å². The highest BCUT2D eigenvalue weighted by atomic mass is 32.1. The molecule has 4 rings (SSSR count). The van der Waals surface area contributed by atoms with Gasteiger partial charge >= 0.3 is 0 Å². The Balaban J connectivity index is 1.33. The van der Waals surface area contributed by atoms with Crippen molar-refractivity contribution in [3.63, 3.8) is 0 Å². The zero-order valence-corrected chi connectivity index (χ0v) is 15.6. The van der Waals surface area contributed by atoms with E-state index < -0.39 is 0 Å². The van der Waals surface area contributed by atoms with E-state index in [1.165, 1.54) is 18.7 Å². The van der Waals surface area contributed by atoms with E-state index in [-0.39, 0.29) is 0 Å². The number of benzene rings is 1. The van der Waals surface area contributed by atoms with Gasteiger partial charge in [0.25, 0.3) is 0 Å². The van der Waals surface area contributed by atoms with E-state index in [4.69, 9.17) is 4.74 Å². The third kappa shape index (κ3) is 4.31. The van der Waals surface area contributed by atoms with Crippen molar-refractivity contribution in [3.8, 4) is 5.75 Å². The van der Waals surface area contributed by atoms with E-state index in [1.54, 1.807) is 11.3 Å². The summed E-state index contributed by atoms with van der Waals surface area (Å²) in [6.45, 7) is 4.68. The minimum absolute atomic E-state index is 0.481. The quantitative estimate of drug-likeness (QED) is 0.638. The molecule has 1 atom stereocenters. The van der Waals surface area contributed by atoms with Crippen molar-refractivity contribution in [1.29, 1.82) is 0 Å². The summed E-state index contributed by atoms with van der Waals surface area (Å²) >= 11 is 1.64. The second-order valence-electron chi connectivity index (χ2n) is 6.69. The second kappa shape index (κ2) is 8.47. The number of piperidine rings is 1. The van der Waals surface area contributed by atoms with Gasteiger partial charge in [0.2, 0.25) is 0 Å². The van der Waals surface area contributed by atoms with Crippen molar-refractivity contribution in [1.82, 2.24) is 19.4 Å². The fraction of sp³-hybridized carbons (Fsp3) is 0.400. The molecule has 1 fully saturated rings. The average Bonchev–Trinajstić information content (AvgIpc) is 3.35. The summed E-state index contributed by atoms with van der Waals surface area (Å²) in [4.78, 5) is 11.6. The van der Waals surface area contributed by atoms with Gasteiger partial charge in [0.05, 0.1) is 17.7 Å². The smallest absolute Gasteiger partial charge is 0.119 e. The summed E-state index contributed by atoms with van der Waals surface area (Å²) < 4.78 is 8.11. The lowest BCUT2D eigenvalue weighted by molar-refractivity contribution is 0.167. The predicted molar refractivity (Wildman–Crippen MR) is 104 cm³/mol. The van der Waals surface area contributed by atoms with Gasteiger partial charge in [-0.3, -0.25) is 4.90 Å². The Bertz CT molecular complexity index is 787. The van der Waals surface area contributed by atoms with Crippen LogP contribution >= 0.6 is 11.3 Å². The van der Waals surface area contributed by atoms with Crippen LogP contribution in [0.2, 0.25) is 0 Å². The van der Waals surface area contributed by atoms with Crippen LogP contribution in [-0.4, -0.2) is 45.7 Å². The lowest BCUT2D eigenvalue weighted by atomic mass is 9.97. The van der Waals surface area contributed by atoms with Gasteiger partial charge in [-0.2, -0.15) is 0 Å². The van der Waals surface area contributed by atoms with Gasteiger partial charge in [-0.05, 0) is 31.5 Å². The fourth-order valence-corrected chi connectivity index (χ4v) is 4.13. The lowest BCUT2D eigenvalue weighted by Crippen LogP contribution is -2.37. The van der Waals surface area contributed by atoms with Gasteiger partial charge in [0.1, 0.15) is 18.2 Å². The molecule has 0 aliphatic carbocycles. The summed E-state index contributed by atoms with van der Waals surface area (Å²) in [6, 6.07) is 10.0. The monoisotopic (exact) mass is 368 g/mol. The maximum absolute atomic E-state index is 5.86. The van der Waals surface area contributed by atoms with E-state index in [0.29, 0.717) is 5.92 Å². The highest BCUT2D eigenvalue weighted by molar-refractivity contribution is 7.07. The summed E-state index contributed by atoms with van der Waals surface area (Å²) in [5, 5.41) is 2.11. The van der Waals surface area contributed by atoms with Crippen molar-refractivity contribution in [3.05, 3.63) is 65.1 Å². The van der Waals surface area contributed by atoms with Gasteiger partial charge < -0.3 is 9.30 Å². The molecule has 0 N–H and O–H groups in total. The molecule has 6 heteroatoms. The van der Waals surface area contributed by atoms with Crippen LogP contribution < -0.4 is 4.74 Å². The molecule has 1 saturated heterocycles. The molecule has 136 valence electrons. The minimum atomic E-state index is 0.481. The number of imidazole rings is 1. The van der Waals surface area contributed by atoms with Gasteiger partial charge in [-0.1, -0.05) is 18.2 Å². The first-order valence-electron chi connectivity index (χ1n) is 9.17. The molecule has 0 spiro atoms. The van der Waals surface area contributed by atoms with Crippen LogP contribution in [-0.2, 0) is 6.54 Å². The fourth-order valence-electron chi connectivity index (χ4n) is 3.58. The number of ether oxygens (including phenoxy) is 1. The third-order valence-electron chi connectivity index (χ3n) is 4.85. The summed E-state index contributed by atoms with van der Waals surface area (Å²) in [5.41, 5.74) is 3.00. The largest absolute Gasteiger partial charge is 0.492 e. The SMILES string of the molecule is c1ccc(OCCN2CCC[C@H](c3nccn3Cc3cscn3)C2)cc1. The Hall–Kier alpha value is -2.18. The normalized spacial score (nSPS) is 18.1. The minimum Gasteiger partial charge on any atom is -0.492 e. The highest BCUT2D eigenvalue weighted by Crippen LogP contribution is 2.26. The topological polar surface area (TPSA) is 43.2 Å². The molecule has 3 aromatic rings. The molecule has 0 amide bonds. The standard InChI is InChI=1S/C20H24N4OS/c1-2-6-19(7-3-1)25-12-11-23-9-4-5-17(13-23)20-21-8-10-24(20)14-18-15-26-16-22-18/h1-3,6-8,10,15-17H,4-5,9,11-14H2/t17-/m0/s1. The van der Waals surface area contributed by atoms with Crippen LogP contribution in [0.25, 0.3) is 0 Å². The van der Waals surface area contributed by atoms with Gasteiger partial charge in [0, 0.05) is 36.8 Å². The van der Waals surface area contributed by atoms with Crippen LogP contribution in [0.5, 0.6) is 5.75 Å². The van der Waals surface area contributed by atoms with E-state index >= 15 is 0 Å². The molecule has 1 aliphatic rings. The van der Waals surface area contributed by atoms with Crippen LogP contribution in [0, 0.1) is 0 Å². The molecule has 1 aliphatic heterocycles. The molecule has 26 heavy (non-hydrogen) atoms. The van der Waals surface area contributed by atoms with Gasteiger partial charge in [-0.15, -0.1) is 11.3 Å². The summed E-state index contributed by atoms with van der Waals surface area (Å²) in [6.07, 6.45) is 6.40. The van der Waals surface area contributed by atoms with Crippen LogP contribution in [0.3, 0.4) is 0 Å². The maximum atomic E-state index is 5.86. The Morgan fingerprint density at radius 3 is 2.96 bits per heavy atom. The number of thiazole rings is 1. The Labute approximate surface area is 158 Å². The maximum Gasteiger partial charge on any atom is 0.119 e. The summed E-state index contributed by atoms with van der Waals surface area (Å²) in [7, 11) is 0. The van der Waals surface area contributed by atoms with Crippen molar-refractivity contribution in [2.24, 2.45) is 0 Å². The highest BCUT2D eigenvalue weighted by Gasteiger charge is 2.24. The van der Waals surface area contributed by atoms with Crippen molar-refractivity contribution in [2.45, 2.75) is 25.3 Å². The molecule has 0 unspecified atom stereocenters. The van der Waals surface area contributed by atoms with Crippen LogP contribution in [0.4, 0.5) is 0 Å². The first-order chi connectivity index (χ1) is 12.9. The first-order valence-corrected chi connectivity index (χ1v) is 10.1. The molecule has 0 radical (unpaired) electrons. The van der Waals surface area contributed by atoms with E-state index in [2.05, 4.69) is 31.0 Å².